The summed E-state index contributed by atoms with van der Waals surface area (Å²) in [6.45, 7) is 2.23. The van der Waals surface area contributed by atoms with Crippen LogP contribution >= 0.6 is 23.8 Å². The monoisotopic (exact) mass is 322 g/mol. The zero-order valence-corrected chi connectivity index (χ0v) is 12.8. The molecule has 0 atom stereocenters. The standard InChI is InChI=1S/C15H12ClFN2OS/c1-2-20-14-6-4-10(8-11(14)17)19-13-5-3-9(16)7-12(13)18-15(19)21/h3-8H,2H2,1H3,(H,18,21). The molecule has 1 N–H and O–H groups in total. The zero-order valence-electron chi connectivity index (χ0n) is 11.2. The number of ether oxygens (including phenoxy) is 1. The van der Waals surface area contributed by atoms with Crippen molar-refractivity contribution in [1.29, 1.82) is 0 Å². The first-order valence-corrected chi connectivity index (χ1v) is 7.22. The molecular formula is C15H12ClFN2OS. The van der Waals surface area contributed by atoms with Crippen LogP contribution in [0.2, 0.25) is 5.02 Å². The Labute approximate surface area is 130 Å². The molecule has 0 aliphatic rings. The van der Waals surface area contributed by atoms with Crippen molar-refractivity contribution in [3.8, 4) is 11.4 Å². The van der Waals surface area contributed by atoms with E-state index < -0.39 is 5.82 Å². The predicted molar refractivity (Wildman–Crippen MR) is 84.6 cm³/mol. The van der Waals surface area contributed by atoms with Crippen LogP contribution in [0.5, 0.6) is 5.75 Å². The Morgan fingerprint density at radius 2 is 2.10 bits per heavy atom. The second-order valence-electron chi connectivity index (χ2n) is 4.47. The maximum Gasteiger partial charge on any atom is 0.182 e. The van der Waals surface area contributed by atoms with Crippen molar-refractivity contribution in [2.75, 3.05) is 6.61 Å². The summed E-state index contributed by atoms with van der Waals surface area (Å²) < 4.78 is 21.5. The van der Waals surface area contributed by atoms with Crippen molar-refractivity contribution in [3.63, 3.8) is 0 Å². The number of fused-ring (bicyclic) bond motifs is 1. The highest BCUT2D eigenvalue weighted by Gasteiger charge is 2.10. The highest BCUT2D eigenvalue weighted by atomic mass is 35.5. The number of halogens is 2. The molecule has 0 unspecified atom stereocenters. The van der Waals surface area contributed by atoms with Crippen LogP contribution in [0.25, 0.3) is 16.7 Å². The summed E-state index contributed by atoms with van der Waals surface area (Å²) in [6, 6.07) is 10.2. The number of aromatic nitrogens is 2. The Hall–Kier alpha value is -1.85. The van der Waals surface area contributed by atoms with E-state index in [4.69, 9.17) is 28.6 Å². The van der Waals surface area contributed by atoms with Crippen molar-refractivity contribution in [2.24, 2.45) is 0 Å². The number of nitrogens with one attached hydrogen (secondary N) is 1. The number of benzene rings is 2. The summed E-state index contributed by atoms with van der Waals surface area (Å²) in [5.74, 6) is -0.185. The predicted octanol–water partition coefficient (Wildman–Crippen LogP) is 4.88. The van der Waals surface area contributed by atoms with Crippen LogP contribution in [0.15, 0.2) is 36.4 Å². The van der Waals surface area contributed by atoms with E-state index in [1.54, 1.807) is 28.8 Å². The van der Waals surface area contributed by atoms with Gasteiger partial charge in [-0.2, -0.15) is 0 Å². The molecule has 0 spiro atoms. The molecule has 2 aromatic carbocycles. The van der Waals surface area contributed by atoms with E-state index in [1.165, 1.54) is 6.07 Å². The topological polar surface area (TPSA) is 29.9 Å². The molecule has 3 rings (SSSR count). The molecule has 0 radical (unpaired) electrons. The summed E-state index contributed by atoms with van der Waals surface area (Å²) in [6.07, 6.45) is 0. The number of hydrogen-bond acceptors (Lipinski definition) is 2. The third kappa shape index (κ3) is 2.54. The van der Waals surface area contributed by atoms with Gasteiger partial charge in [0.25, 0.3) is 0 Å². The Kier molecular flexibility index (Phi) is 3.69. The molecule has 0 aliphatic heterocycles. The lowest BCUT2D eigenvalue weighted by atomic mass is 10.2. The number of aromatic amines is 1. The van der Waals surface area contributed by atoms with Crippen molar-refractivity contribution in [3.05, 3.63) is 52.0 Å². The Balaban J connectivity index is 2.18. The third-order valence-corrected chi connectivity index (χ3v) is 3.64. The van der Waals surface area contributed by atoms with E-state index in [0.717, 1.165) is 11.0 Å². The van der Waals surface area contributed by atoms with E-state index in [-0.39, 0.29) is 5.75 Å². The molecule has 0 bridgehead atoms. The van der Waals surface area contributed by atoms with Gasteiger partial charge in [0, 0.05) is 11.1 Å². The first-order valence-electron chi connectivity index (χ1n) is 6.43. The average Bonchev–Trinajstić information content (AvgIpc) is 2.76. The molecule has 0 fully saturated rings. The Morgan fingerprint density at radius 1 is 1.29 bits per heavy atom. The molecule has 0 aliphatic carbocycles. The van der Waals surface area contributed by atoms with Crippen molar-refractivity contribution >= 4 is 34.9 Å². The molecule has 108 valence electrons. The normalized spacial score (nSPS) is 11.0. The maximum absolute atomic E-state index is 14.0. The quantitative estimate of drug-likeness (QED) is 0.696. The fourth-order valence-corrected chi connectivity index (χ4v) is 2.73. The zero-order chi connectivity index (χ0) is 15.0. The van der Waals surface area contributed by atoms with Gasteiger partial charge in [0.15, 0.2) is 16.3 Å². The molecule has 0 amide bonds. The number of hydrogen-bond donors (Lipinski definition) is 1. The first-order chi connectivity index (χ1) is 10.1. The SMILES string of the molecule is CCOc1ccc(-n2c(=S)[nH]c3cc(Cl)ccc32)cc1F. The van der Waals surface area contributed by atoms with Gasteiger partial charge < -0.3 is 9.72 Å². The fourth-order valence-electron chi connectivity index (χ4n) is 2.24. The summed E-state index contributed by atoms with van der Waals surface area (Å²) in [5.41, 5.74) is 2.28. The fraction of sp³-hybridized carbons (Fsp3) is 0.133. The second-order valence-corrected chi connectivity index (χ2v) is 5.30. The van der Waals surface area contributed by atoms with Gasteiger partial charge in [0.05, 0.1) is 23.3 Å². The maximum atomic E-state index is 14.0. The molecule has 3 aromatic rings. The lowest BCUT2D eigenvalue weighted by Gasteiger charge is -2.08. The molecule has 0 saturated carbocycles. The average molecular weight is 323 g/mol. The lowest BCUT2D eigenvalue weighted by molar-refractivity contribution is 0.321. The van der Waals surface area contributed by atoms with Crippen LogP contribution in [0.4, 0.5) is 4.39 Å². The molecule has 1 aromatic heterocycles. The van der Waals surface area contributed by atoms with Gasteiger partial charge in [-0.05, 0) is 49.5 Å². The van der Waals surface area contributed by atoms with Gasteiger partial charge >= 0.3 is 0 Å². The van der Waals surface area contributed by atoms with Gasteiger partial charge in [-0.3, -0.25) is 4.57 Å². The molecule has 1 heterocycles. The highest BCUT2D eigenvalue weighted by molar-refractivity contribution is 7.71. The highest BCUT2D eigenvalue weighted by Crippen LogP contribution is 2.25. The van der Waals surface area contributed by atoms with Crippen LogP contribution in [0.1, 0.15) is 6.92 Å². The van der Waals surface area contributed by atoms with Crippen molar-refractivity contribution < 1.29 is 9.13 Å². The van der Waals surface area contributed by atoms with Gasteiger partial charge in [0.2, 0.25) is 0 Å². The van der Waals surface area contributed by atoms with E-state index >= 15 is 0 Å². The van der Waals surface area contributed by atoms with Crippen LogP contribution in [-0.2, 0) is 0 Å². The summed E-state index contributed by atoms with van der Waals surface area (Å²) in [7, 11) is 0. The van der Waals surface area contributed by atoms with E-state index in [0.29, 0.717) is 22.1 Å². The van der Waals surface area contributed by atoms with Crippen molar-refractivity contribution in [2.45, 2.75) is 6.92 Å². The van der Waals surface area contributed by atoms with E-state index in [2.05, 4.69) is 4.98 Å². The van der Waals surface area contributed by atoms with Gasteiger partial charge in [-0.1, -0.05) is 11.6 Å². The molecule has 21 heavy (non-hydrogen) atoms. The van der Waals surface area contributed by atoms with Crippen LogP contribution < -0.4 is 4.74 Å². The van der Waals surface area contributed by atoms with Crippen molar-refractivity contribution in [1.82, 2.24) is 9.55 Å². The first kappa shape index (κ1) is 14.1. The minimum atomic E-state index is -0.417. The molecule has 3 nitrogen and oxygen atoms in total. The number of H-pyrrole nitrogens is 1. The molecular weight excluding hydrogens is 311 g/mol. The Bertz CT molecular complexity index is 872. The Morgan fingerprint density at radius 3 is 2.81 bits per heavy atom. The minimum absolute atomic E-state index is 0.232. The van der Waals surface area contributed by atoms with Crippen LogP contribution in [0, 0.1) is 10.6 Å². The van der Waals surface area contributed by atoms with E-state index in [1.807, 2.05) is 13.0 Å². The summed E-state index contributed by atoms with van der Waals surface area (Å²) in [5, 5.41) is 0.615. The van der Waals surface area contributed by atoms with Gasteiger partial charge in [-0.15, -0.1) is 0 Å². The number of imidazole rings is 1. The minimum Gasteiger partial charge on any atom is -0.491 e. The molecule has 0 saturated heterocycles. The second kappa shape index (κ2) is 5.50. The summed E-state index contributed by atoms with van der Waals surface area (Å²) in [4.78, 5) is 3.07. The molecule has 6 heteroatoms. The number of rotatable bonds is 3. The van der Waals surface area contributed by atoms with Crippen LogP contribution in [-0.4, -0.2) is 16.2 Å². The van der Waals surface area contributed by atoms with Crippen LogP contribution in [0.3, 0.4) is 0 Å². The number of nitrogens with zero attached hydrogens (tertiary/aromatic N) is 1. The smallest absolute Gasteiger partial charge is 0.182 e. The third-order valence-electron chi connectivity index (χ3n) is 3.12. The van der Waals surface area contributed by atoms with Gasteiger partial charge in [0.1, 0.15) is 0 Å². The van der Waals surface area contributed by atoms with Gasteiger partial charge in [-0.25, -0.2) is 4.39 Å². The summed E-state index contributed by atoms with van der Waals surface area (Å²) >= 11 is 11.3. The van der Waals surface area contributed by atoms with E-state index in [9.17, 15) is 4.39 Å². The largest absolute Gasteiger partial charge is 0.491 e. The lowest BCUT2D eigenvalue weighted by Crippen LogP contribution is -1.98.